The van der Waals surface area contributed by atoms with Crippen LogP contribution in [-0.4, -0.2) is 19.6 Å². The van der Waals surface area contributed by atoms with Gasteiger partial charge in [-0.05, 0) is 61.8 Å². The lowest BCUT2D eigenvalue weighted by molar-refractivity contribution is 0.313. The van der Waals surface area contributed by atoms with Crippen molar-refractivity contribution in [3.63, 3.8) is 0 Å². The van der Waals surface area contributed by atoms with Crippen molar-refractivity contribution >= 4 is 5.69 Å². The van der Waals surface area contributed by atoms with Gasteiger partial charge >= 0.3 is 0 Å². The molecule has 1 aliphatic carbocycles. The number of hydrogen-bond donors (Lipinski definition) is 1. The van der Waals surface area contributed by atoms with E-state index in [1.165, 1.54) is 44.2 Å². The zero-order valence-electron chi connectivity index (χ0n) is 13.0. The van der Waals surface area contributed by atoms with Crippen LogP contribution in [0.3, 0.4) is 0 Å². The van der Waals surface area contributed by atoms with E-state index in [2.05, 4.69) is 42.4 Å². The maximum absolute atomic E-state index is 3.53. The zero-order valence-corrected chi connectivity index (χ0v) is 13.0. The Morgan fingerprint density at radius 2 is 2.00 bits per heavy atom. The molecule has 1 aromatic carbocycles. The average molecular weight is 272 g/mol. The van der Waals surface area contributed by atoms with Crippen molar-refractivity contribution in [3.05, 3.63) is 29.3 Å². The van der Waals surface area contributed by atoms with E-state index in [1.807, 2.05) is 0 Å². The molecule has 1 aliphatic heterocycles. The Labute approximate surface area is 123 Å². The van der Waals surface area contributed by atoms with Gasteiger partial charge in [-0.2, -0.15) is 0 Å². The standard InChI is InChI=1S/C18H28N2/c1-3-14-7-9-16(10-8-14)20(2)18-6-4-5-15-11-12-19-13-17(15)18/h4-6,14,16,19H,3,7-13H2,1-2H3. The van der Waals surface area contributed by atoms with Crippen molar-refractivity contribution in [2.24, 2.45) is 5.92 Å². The van der Waals surface area contributed by atoms with Crippen LogP contribution in [0.1, 0.15) is 50.2 Å². The van der Waals surface area contributed by atoms with Gasteiger partial charge in [-0.3, -0.25) is 0 Å². The predicted octanol–water partition coefficient (Wildman–Crippen LogP) is 3.74. The highest BCUT2D eigenvalue weighted by molar-refractivity contribution is 5.57. The second-order valence-corrected chi connectivity index (χ2v) is 6.54. The Morgan fingerprint density at radius 1 is 1.20 bits per heavy atom. The molecule has 3 rings (SSSR count). The lowest BCUT2D eigenvalue weighted by atomic mass is 9.83. The maximum Gasteiger partial charge on any atom is 0.0414 e. The lowest BCUT2D eigenvalue weighted by Crippen LogP contribution is -2.37. The number of fused-ring (bicyclic) bond motifs is 1. The van der Waals surface area contributed by atoms with Crippen LogP contribution in [0.5, 0.6) is 0 Å². The largest absolute Gasteiger partial charge is 0.371 e. The fourth-order valence-electron chi connectivity index (χ4n) is 3.96. The topological polar surface area (TPSA) is 15.3 Å². The minimum atomic E-state index is 0.742. The number of nitrogens with zero attached hydrogens (tertiary/aromatic N) is 1. The molecular weight excluding hydrogens is 244 g/mol. The van der Waals surface area contributed by atoms with Gasteiger partial charge in [-0.1, -0.05) is 25.5 Å². The molecule has 0 aromatic heterocycles. The highest BCUT2D eigenvalue weighted by Crippen LogP contribution is 2.33. The first-order valence-electron chi connectivity index (χ1n) is 8.34. The van der Waals surface area contributed by atoms with Gasteiger partial charge in [0.25, 0.3) is 0 Å². The van der Waals surface area contributed by atoms with E-state index in [4.69, 9.17) is 0 Å². The molecular formula is C18H28N2. The first kappa shape index (κ1) is 13.9. The summed E-state index contributed by atoms with van der Waals surface area (Å²) in [6, 6.07) is 7.61. The minimum absolute atomic E-state index is 0.742. The molecule has 0 amide bonds. The Hall–Kier alpha value is -1.02. The number of nitrogens with one attached hydrogen (secondary N) is 1. The third kappa shape index (κ3) is 2.71. The van der Waals surface area contributed by atoms with Crippen molar-refractivity contribution in [2.75, 3.05) is 18.5 Å². The molecule has 0 bridgehead atoms. The van der Waals surface area contributed by atoms with E-state index in [0.717, 1.165) is 25.0 Å². The maximum atomic E-state index is 3.53. The first-order valence-corrected chi connectivity index (χ1v) is 8.34. The number of anilines is 1. The molecule has 1 saturated carbocycles. The van der Waals surface area contributed by atoms with Gasteiger partial charge in [0.05, 0.1) is 0 Å². The summed E-state index contributed by atoms with van der Waals surface area (Å²) in [6.07, 6.45) is 8.11. The van der Waals surface area contributed by atoms with Gasteiger partial charge in [0, 0.05) is 25.3 Å². The third-order valence-corrected chi connectivity index (χ3v) is 5.44. The predicted molar refractivity (Wildman–Crippen MR) is 86.3 cm³/mol. The van der Waals surface area contributed by atoms with Gasteiger partial charge in [-0.25, -0.2) is 0 Å². The quantitative estimate of drug-likeness (QED) is 0.902. The SMILES string of the molecule is CCC1CCC(N(C)c2cccc3c2CNCC3)CC1. The highest BCUT2D eigenvalue weighted by Gasteiger charge is 2.25. The summed E-state index contributed by atoms with van der Waals surface area (Å²) >= 11 is 0. The van der Waals surface area contributed by atoms with E-state index in [-0.39, 0.29) is 0 Å². The molecule has 1 fully saturated rings. The van der Waals surface area contributed by atoms with Crippen molar-refractivity contribution in [2.45, 2.75) is 58.0 Å². The fraction of sp³-hybridized carbons (Fsp3) is 0.667. The van der Waals surface area contributed by atoms with Gasteiger partial charge in [0.1, 0.15) is 0 Å². The second-order valence-electron chi connectivity index (χ2n) is 6.54. The summed E-state index contributed by atoms with van der Waals surface area (Å²) in [4.78, 5) is 2.57. The van der Waals surface area contributed by atoms with Gasteiger partial charge in [0.15, 0.2) is 0 Å². The molecule has 0 saturated heterocycles. The van der Waals surface area contributed by atoms with Crippen LogP contribution in [-0.2, 0) is 13.0 Å². The Morgan fingerprint density at radius 3 is 2.75 bits per heavy atom. The van der Waals surface area contributed by atoms with Crippen LogP contribution >= 0.6 is 0 Å². The van der Waals surface area contributed by atoms with E-state index in [1.54, 1.807) is 11.1 Å². The highest BCUT2D eigenvalue weighted by atomic mass is 15.1. The molecule has 1 N–H and O–H groups in total. The molecule has 0 spiro atoms. The van der Waals surface area contributed by atoms with E-state index >= 15 is 0 Å². The van der Waals surface area contributed by atoms with Gasteiger partial charge in [0.2, 0.25) is 0 Å². The number of benzene rings is 1. The summed E-state index contributed by atoms with van der Waals surface area (Å²) in [5.41, 5.74) is 4.56. The average Bonchev–Trinajstić information content (AvgIpc) is 2.54. The van der Waals surface area contributed by atoms with Crippen LogP contribution in [0.4, 0.5) is 5.69 Å². The minimum Gasteiger partial charge on any atom is -0.371 e. The van der Waals surface area contributed by atoms with E-state index < -0.39 is 0 Å². The van der Waals surface area contributed by atoms with Crippen LogP contribution in [0.15, 0.2) is 18.2 Å². The normalized spacial score (nSPS) is 26.1. The van der Waals surface area contributed by atoms with E-state index in [0.29, 0.717) is 0 Å². The molecule has 110 valence electrons. The molecule has 2 aliphatic rings. The fourth-order valence-corrected chi connectivity index (χ4v) is 3.96. The smallest absolute Gasteiger partial charge is 0.0414 e. The Kier molecular flexibility index (Phi) is 4.30. The van der Waals surface area contributed by atoms with E-state index in [9.17, 15) is 0 Å². The van der Waals surface area contributed by atoms with Crippen LogP contribution in [0, 0.1) is 5.92 Å². The van der Waals surface area contributed by atoms with Crippen LogP contribution in [0.25, 0.3) is 0 Å². The Balaban J connectivity index is 1.76. The van der Waals surface area contributed by atoms with Crippen molar-refractivity contribution < 1.29 is 0 Å². The monoisotopic (exact) mass is 272 g/mol. The van der Waals surface area contributed by atoms with Crippen molar-refractivity contribution in [1.82, 2.24) is 5.32 Å². The van der Waals surface area contributed by atoms with Crippen LogP contribution < -0.4 is 10.2 Å². The molecule has 1 aromatic rings. The molecule has 0 atom stereocenters. The summed E-state index contributed by atoms with van der Waals surface area (Å²) in [7, 11) is 2.31. The first-order chi connectivity index (χ1) is 9.79. The van der Waals surface area contributed by atoms with Crippen LogP contribution in [0.2, 0.25) is 0 Å². The summed E-state index contributed by atoms with van der Waals surface area (Å²) in [5, 5.41) is 3.53. The zero-order chi connectivity index (χ0) is 13.9. The lowest BCUT2D eigenvalue weighted by Gasteiger charge is -2.37. The summed E-state index contributed by atoms with van der Waals surface area (Å²) in [6.45, 7) is 4.51. The summed E-state index contributed by atoms with van der Waals surface area (Å²) < 4.78 is 0. The molecule has 2 nitrogen and oxygen atoms in total. The third-order valence-electron chi connectivity index (χ3n) is 5.44. The molecule has 1 heterocycles. The molecule has 20 heavy (non-hydrogen) atoms. The van der Waals surface area contributed by atoms with Crippen molar-refractivity contribution in [3.8, 4) is 0 Å². The number of rotatable bonds is 3. The summed E-state index contributed by atoms with van der Waals surface area (Å²) in [5.74, 6) is 0.978. The molecule has 0 radical (unpaired) electrons. The van der Waals surface area contributed by atoms with Crippen molar-refractivity contribution in [1.29, 1.82) is 0 Å². The Bertz CT molecular complexity index is 447. The second kappa shape index (κ2) is 6.17. The van der Waals surface area contributed by atoms with Gasteiger partial charge in [-0.15, -0.1) is 0 Å². The molecule has 0 unspecified atom stereocenters. The number of hydrogen-bond acceptors (Lipinski definition) is 2. The van der Waals surface area contributed by atoms with Gasteiger partial charge < -0.3 is 10.2 Å². The molecule has 2 heteroatoms.